The van der Waals surface area contributed by atoms with E-state index in [0.29, 0.717) is 23.9 Å². The van der Waals surface area contributed by atoms with Crippen LogP contribution in [-0.2, 0) is 17.8 Å². The fraction of sp³-hybridized carbons (Fsp3) is 0.235. The van der Waals surface area contributed by atoms with Crippen LogP contribution < -0.4 is 5.32 Å². The van der Waals surface area contributed by atoms with Gasteiger partial charge in [0.2, 0.25) is 5.91 Å². The van der Waals surface area contributed by atoms with E-state index in [-0.39, 0.29) is 24.0 Å². The van der Waals surface area contributed by atoms with E-state index in [0.717, 1.165) is 4.88 Å². The average Bonchev–Trinajstić information content (AvgIpc) is 3.35. The molecule has 0 saturated carbocycles. The van der Waals surface area contributed by atoms with Gasteiger partial charge in [-0.3, -0.25) is 14.9 Å². The predicted molar refractivity (Wildman–Crippen MR) is 97.9 cm³/mol. The topological polar surface area (TPSA) is 75.4 Å². The number of rotatable bonds is 7. The van der Waals surface area contributed by atoms with Gasteiger partial charge in [-0.15, -0.1) is 22.7 Å². The molecule has 0 spiro atoms. The maximum atomic E-state index is 12.5. The van der Waals surface area contributed by atoms with Gasteiger partial charge in [0.15, 0.2) is 10.9 Å². The largest absolute Gasteiger partial charge is 0.459 e. The minimum atomic E-state index is -0.356. The van der Waals surface area contributed by atoms with Gasteiger partial charge in [0.05, 0.1) is 24.9 Å². The summed E-state index contributed by atoms with van der Waals surface area (Å²) in [7, 11) is 0. The van der Waals surface area contributed by atoms with Gasteiger partial charge < -0.3 is 9.32 Å². The van der Waals surface area contributed by atoms with E-state index in [1.807, 2.05) is 24.4 Å². The molecule has 3 aromatic heterocycles. The van der Waals surface area contributed by atoms with Crippen molar-refractivity contribution in [3.8, 4) is 0 Å². The van der Waals surface area contributed by atoms with Crippen LogP contribution in [0.3, 0.4) is 0 Å². The monoisotopic (exact) mass is 375 g/mol. The molecule has 25 heavy (non-hydrogen) atoms. The molecule has 2 amide bonds. The van der Waals surface area contributed by atoms with Gasteiger partial charge in [-0.2, -0.15) is 0 Å². The third-order valence-corrected chi connectivity index (χ3v) is 5.18. The Morgan fingerprint density at radius 3 is 2.84 bits per heavy atom. The highest BCUT2D eigenvalue weighted by Gasteiger charge is 2.16. The van der Waals surface area contributed by atoms with Crippen molar-refractivity contribution < 1.29 is 14.0 Å². The zero-order valence-electron chi connectivity index (χ0n) is 13.6. The Labute approximate surface area is 153 Å². The summed E-state index contributed by atoms with van der Waals surface area (Å²) in [5.74, 6) is -0.115. The molecule has 1 N–H and O–H groups in total. The van der Waals surface area contributed by atoms with Crippen LogP contribution >= 0.6 is 22.7 Å². The first-order chi connectivity index (χ1) is 12.2. The fourth-order valence-electron chi connectivity index (χ4n) is 2.25. The first-order valence-corrected chi connectivity index (χ1v) is 9.51. The summed E-state index contributed by atoms with van der Waals surface area (Å²) in [6, 6.07) is 7.23. The number of thiophene rings is 1. The number of hydrogen-bond acceptors (Lipinski definition) is 6. The second-order valence-corrected chi connectivity index (χ2v) is 7.13. The maximum absolute atomic E-state index is 12.5. The van der Waals surface area contributed by atoms with Crippen molar-refractivity contribution in [3.63, 3.8) is 0 Å². The average molecular weight is 375 g/mol. The van der Waals surface area contributed by atoms with Crippen molar-refractivity contribution in [1.82, 2.24) is 9.88 Å². The van der Waals surface area contributed by atoms with Crippen LogP contribution in [0, 0.1) is 0 Å². The lowest BCUT2D eigenvalue weighted by Crippen LogP contribution is -2.31. The van der Waals surface area contributed by atoms with Crippen LogP contribution in [0.25, 0.3) is 0 Å². The van der Waals surface area contributed by atoms with Crippen molar-refractivity contribution in [2.75, 3.05) is 11.9 Å². The van der Waals surface area contributed by atoms with E-state index >= 15 is 0 Å². The van der Waals surface area contributed by atoms with Crippen molar-refractivity contribution in [2.45, 2.75) is 19.9 Å². The summed E-state index contributed by atoms with van der Waals surface area (Å²) in [6.07, 6.45) is 1.65. The number of aromatic nitrogens is 1. The highest BCUT2D eigenvalue weighted by Crippen LogP contribution is 2.18. The summed E-state index contributed by atoms with van der Waals surface area (Å²) in [5, 5.41) is 6.91. The van der Waals surface area contributed by atoms with Crippen LogP contribution in [0.2, 0.25) is 0 Å². The third-order valence-electron chi connectivity index (χ3n) is 3.51. The Balaban J connectivity index is 1.58. The molecule has 0 radical (unpaired) electrons. The van der Waals surface area contributed by atoms with E-state index in [4.69, 9.17) is 4.42 Å². The Morgan fingerprint density at radius 2 is 2.16 bits per heavy atom. The molecule has 8 heteroatoms. The minimum absolute atomic E-state index is 0.0186. The van der Waals surface area contributed by atoms with E-state index in [2.05, 4.69) is 10.3 Å². The number of carbonyl (C=O) groups excluding carboxylic acids is 2. The highest BCUT2D eigenvalue weighted by atomic mass is 32.1. The summed E-state index contributed by atoms with van der Waals surface area (Å²) >= 11 is 2.92. The predicted octanol–water partition coefficient (Wildman–Crippen LogP) is 3.64. The van der Waals surface area contributed by atoms with Gasteiger partial charge in [-0.25, -0.2) is 4.98 Å². The summed E-state index contributed by atoms with van der Waals surface area (Å²) < 4.78 is 5.04. The number of likely N-dealkylation sites (N-methyl/N-ethyl adjacent to an activating group) is 1. The molecule has 0 aliphatic heterocycles. The van der Waals surface area contributed by atoms with Crippen molar-refractivity contribution >= 4 is 39.6 Å². The molecule has 3 aromatic rings. The maximum Gasteiger partial charge on any atom is 0.293 e. The Bertz CT molecular complexity index is 825. The Hall–Kier alpha value is -2.45. The zero-order valence-corrected chi connectivity index (χ0v) is 15.2. The van der Waals surface area contributed by atoms with E-state index < -0.39 is 0 Å². The molecule has 0 fully saturated rings. The molecule has 0 aliphatic carbocycles. The number of nitrogens with zero attached hydrogens (tertiary/aromatic N) is 2. The summed E-state index contributed by atoms with van der Waals surface area (Å²) in [5.41, 5.74) is 0.648. The first-order valence-electron chi connectivity index (χ1n) is 7.75. The lowest BCUT2D eigenvalue weighted by molar-refractivity contribution is -0.130. The van der Waals surface area contributed by atoms with Crippen LogP contribution in [0.1, 0.15) is 28.0 Å². The molecule has 3 rings (SSSR count). The lowest BCUT2D eigenvalue weighted by Gasteiger charge is -2.19. The summed E-state index contributed by atoms with van der Waals surface area (Å²) in [6.45, 7) is 3.21. The molecule has 0 bridgehead atoms. The number of thiazole rings is 1. The zero-order chi connectivity index (χ0) is 17.6. The highest BCUT2D eigenvalue weighted by molar-refractivity contribution is 7.14. The van der Waals surface area contributed by atoms with Crippen LogP contribution in [0.5, 0.6) is 0 Å². The third kappa shape index (κ3) is 4.55. The van der Waals surface area contributed by atoms with Crippen LogP contribution in [-0.4, -0.2) is 28.2 Å². The quantitative estimate of drug-likeness (QED) is 0.684. The van der Waals surface area contributed by atoms with Gasteiger partial charge in [-0.05, 0) is 30.5 Å². The van der Waals surface area contributed by atoms with Gasteiger partial charge >= 0.3 is 0 Å². The minimum Gasteiger partial charge on any atom is -0.459 e. The molecular weight excluding hydrogens is 358 g/mol. The Kier molecular flexibility index (Phi) is 5.62. The number of furan rings is 1. The SMILES string of the molecule is CCN(Cc1cccs1)C(=O)Cc1csc(NC(=O)c2ccco2)n1. The molecule has 130 valence electrons. The standard InChI is InChI=1S/C17H17N3O3S2/c1-2-20(10-13-5-4-8-24-13)15(21)9-12-11-25-17(18-12)19-16(22)14-6-3-7-23-14/h3-8,11H,2,9-10H2,1H3,(H,18,19,22). The number of nitrogens with one attached hydrogen (secondary N) is 1. The molecule has 6 nitrogen and oxygen atoms in total. The molecule has 0 aliphatic rings. The molecule has 0 atom stereocenters. The second kappa shape index (κ2) is 8.09. The van der Waals surface area contributed by atoms with Crippen LogP contribution in [0.4, 0.5) is 5.13 Å². The number of carbonyl (C=O) groups is 2. The van der Waals surface area contributed by atoms with Gasteiger partial charge in [0.25, 0.3) is 5.91 Å². The van der Waals surface area contributed by atoms with Gasteiger partial charge in [0, 0.05) is 16.8 Å². The Morgan fingerprint density at radius 1 is 1.28 bits per heavy atom. The first kappa shape index (κ1) is 17.4. The molecular formula is C17H17N3O3S2. The van der Waals surface area contributed by atoms with E-state index in [1.54, 1.807) is 33.7 Å². The fourth-order valence-corrected chi connectivity index (χ4v) is 3.67. The second-order valence-electron chi connectivity index (χ2n) is 5.24. The number of hydrogen-bond donors (Lipinski definition) is 1. The molecule has 0 unspecified atom stereocenters. The normalized spacial score (nSPS) is 10.6. The van der Waals surface area contributed by atoms with Crippen molar-refractivity contribution in [2.24, 2.45) is 0 Å². The molecule has 0 aromatic carbocycles. The van der Waals surface area contributed by atoms with Gasteiger partial charge in [-0.1, -0.05) is 6.07 Å². The summed E-state index contributed by atoms with van der Waals surface area (Å²) in [4.78, 5) is 31.7. The van der Waals surface area contributed by atoms with Gasteiger partial charge in [0.1, 0.15) is 0 Å². The van der Waals surface area contributed by atoms with Crippen molar-refractivity contribution in [3.05, 3.63) is 57.6 Å². The number of amides is 2. The van der Waals surface area contributed by atoms with Crippen LogP contribution in [0.15, 0.2) is 45.7 Å². The smallest absolute Gasteiger partial charge is 0.293 e. The molecule has 3 heterocycles. The lowest BCUT2D eigenvalue weighted by atomic mass is 10.3. The van der Waals surface area contributed by atoms with E-state index in [1.165, 1.54) is 17.6 Å². The number of anilines is 1. The van der Waals surface area contributed by atoms with Crippen molar-refractivity contribution in [1.29, 1.82) is 0 Å². The molecule has 0 saturated heterocycles. The van der Waals surface area contributed by atoms with E-state index in [9.17, 15) is 9.59 Å².